The van der Waals surface area contributed by atoms with E-state index in [1.165, 1.54) is 4.90 Å². The molecule has 0 radical (unpaired) electrons. The molecule has 1 atom stereocenters. The quantitative estimate of drug-likeness (QED) is 0.754. The lowest BCUT2D eigenvalue weighted by molar-refractivity contribution is -0.134. The smallest absolute Gasteiger partial charge is 0.320 e. The van der Waals surface area contributed by atoms with Crippen molar-refractivity contribution in [2.24, 2.45) is 0 Å². The van der Waals surface area contributed by atoms with Crippen LogP contribution in [0.2, 0.25) is 0 Å². The van der Waals surface area contributed by atoms with Crippen LogP contribution in [0, 0.1) is 0 Å². The van der Waals surface area contributed by atoms with E-state index in [4.69, 9.17) is 9.15 Å². The van der Waals surface area contributed by atoms with Crippen LogP contribution in [0.25, 0.3) is 0 Å². The van der Waals surface area contributed by atoms with Crippen LogP contribution in [0.1, 0.15) is 31.4 Å². The van der Waals surface area contributed by atoms with Gasteiger partial charge in [-0.2, -0.15) is 0 Å². The molecule has 1 saturated carbocycles. The van der Waals surface area contributed by atoms with Gasteiger partial charge in [-0.1, -0.05) is 0 Å². The van der Waals surface area contributed by atoms with Crippen molar-refractivity contribution in [2.75, 3.05) is 33.8 Å². The number of urea groups is 1. The Labute approximate surface area is 148 Å². The molecule has 1 aromatic heterocycles. The zero-order valence-corrected chi connectivity index (χ0v) is 15.0. The zero-order chi connectivity index (χ0) is 17.8. The number of amides is 3. The van der Waals surface area contributed by atoms with Gasteiger partial charge in [0.2, 0.25) is 5.91 Å². The molecule has 2 heterocycles. The van der Waals surface area contributed by atoms with Crippen LogP contribution in [0.5, 0.6) is 0 Å². The lowest BCUT2D eigenvalue weighted by Gasteiger charge is -2.30. The van der Waals surface area contributed by atoms with Gasteiger partial charge in [-0.15, -0.1) is 0 Å². The summed E-state index contributed by atoms with van der Waals surface area (Å²) < 4.78 is 11.1. The van der Waals surface area contributed by atoms with E-state index < -0.39 is 0 Å². The summed E-state index contributed by atoms with van der Waals surface area (Å²) in [5.41, 5.74) is 0. The van der Waals surface area contributed by atoms with Gasteiger partial charge in [0.05, 0.1) is 18.9 Å². The van der Waals surface area contributed by atoms with E-state index in [1.807, 2.05) is 12.1 Å². The monoisotopic (exact) mass is 349 g/mol. The number of nitrogens with zero attached hydrogens (tertiary/aromatic N) is 3. The van der Waals surface area contributed by atoms with Crippen molar-refractivity contribution >= 4 is 11.9 Å². The van der Waals surface area contributed by atoms with E-state index in [0.29, 0.717) is 13.1 Å². The molecule has 7 nitrogen and oxygen atoms in total. The van der Waals surface area contributed by atoms with Crippen molar-refractivity contribution < 1.29 is 18.7 Å². The maximum Gasteiger partial charge on any atom is 0.320 e. The minimum absolute atomic E-state index is 0.0611. The molecule has 1 aliphatic carbocycles. The number of furan rings is 1. The van der Waals surface area contributed by atoms with Crippen molar-refractivity contribution in [1.29, 1.82) is 0 Å². The van der Waals surface area contributed by atoms with E-state index in [0.717, 1.165) is 38.1 Å². The molecule has 7 heteroatoms. The Bertz CT molecular complexity index is 577. The average molecular weight is 349 g/mol. The number of ether oxygens (including phenoxy) is 1. The summed E-state index contributed by atoms with van der Waals surface area (Å²) in [5.74, 6) is 0.678. The first-order chi connectivity index (χ1) is 12.0. The number of hydrogen-bond donors (Lipinski definition) is 0. The lowest BCUT2D eigenvalue weighted by Crippen LogP contribution is -2.48. The molecule has 25 heavy (non-hydrogen) atoms. The molecule has 1 saturated heterocycles. The number of hydrogen-bond acceptors (Lipinski definition) is 4. The maximum atomic E-state index is 12.9. The van der Waals surface area contributed by atoms with Gasteiger partial charge in [0.25, 0.3) is 0 Å². The van der Waals surface area contributed by atoms with Crippen molar-refractivity contribution in [3.8, 4) is 0 Å². The fourth-order valence-electron chi connectivity index (χ4n) is 3.12. The van der Waals surface area contributed by atoms with Gasteiger partial charge in [0, 0.05) is 33.3 Å². The second kappa shape index (κ2) is 7.91. The molecule has 2 fully saturated rings. The summed E-state index contributed by atoms with van der Waals surface area (Å²) in [5, 5.41) is 0. The predicted octanol–water partition coefficient (Wildman–Crippen LogP) is 1.93. The lowest BCUT2D eigenvalue weighted by atomic mass is 10.2. The van der Waals surface area contributed by atoms with E-state index >= 15 is 0 Å². The van der Waals surface area contributed by atoms with Gasteiger partial charge >= 0.3 is 6.03 Å². The van der Waals surface area contributed by atoms with Gasteiger partial charge in [-0.05, 0) is 37.8 Å². The zero-order valence-electron chi connectivity index (χ0n) is 15.0. The Kier molecular flexibility index (Phi) is 5.63. The molecule has 3 rings (SSSR count). The Balaban J connectivity index is 1.67. The number of carbonyl (C=O) groups is 2. The summed E-state index contributed by atoms with van der Waals surface area (Å²) in [4.78, 5) is 30.3. The topological polar surface area (TPSA) is 66.2 Å². The number of carbonyl (C=O) groups excluding carboxylic acids is 2. The third kappa shape index (κ3) is 4.75. The SMILES string of the molecule is CN(C)C(=O)N(CC(=O)N(Cc1ccco1)CC1CCCO1)C1CC1. The molecular formula is C18H27N3O4. The molecule has 1 aliphatic heterocycles. The van der Waals surface area contributed by atoms with Crippen LogP contribution in [0.4, 0.5) is 4.79 Å². The summed E-state index contributed by atoms with van der Waals surface area (Å²) in [7, 11) is 3.43. The van der Waals surface area contributed by atoms with Crippen LogP contribution in [0.3, 0.4) is 0 Å². The molecule has 3 amide bonds. The largest absolute Gasteiger partial charge is 0.467 e. The highest BCUT2D eigenvalue weighted by Gasteiger charge is 2.36. The first kappa shape index (κ1) is 17.8. The third-order valence-electron chi connectivity index (χ3n) is 4.65. The predicted molar refractivity (Wildman–Crippen MR) is 91.9 cm³/mol. The van der Waals surface area contributed by atoms with E-state index in [9.17, 15) is 9.59 Å². The molecule has 0 N–H and O–H groups in total. The molecule has 1 unspecified atom stereocenters. The van der Waals surface area contributed by atoms with Crippen molar-refractivity contribution in [1.82, 2.24) is 14.7 Å². The van der Waals surface area contributed by atoms with Crippen molar-refractivity contribution in [3.63, 3.8) is 0 Å². The second-order valence-corrected chi connectivity index (χ2v) is 7.02. The molecule has 2 aliphatic rings. The molecule has 0 bridgehead atoms. The molecule has 1 aromatic rings. The van der Waals surface area contributed by atoms with Gasteiger partial charge in [0.1, 0.15) is 12.3 Å². The first-order valence-electron chi connectivity index (χ1n) is 8.94. The van der Waals surface area contributed by atoms with Crippen LogP contribution in [-0.2, 0) is 16.1 Å². The van der Waals surface area contributed by atoms with Crippen LogP contribution >= 0.6 is 0 Å². The number of rotatable bonds is 7. The molecule has 0 spiro atoms. The highest BCUT2D eigenvalue weighted by Crippen LogP contribution is 2.27. The minimum atomic E-state index is -0.106. The summed E-state index contributed by atoms with van der Waals surface area (Å²) in [6.07, 6.45) is 5.60. The fourth-order valence-corrected chi connectivity index (χ4v) is 3.12. The highest BCUT2D eigenvalue weighted by atomic mass is 16.5. The standard InChI is InChI=1S/C18H27N3O4/c1-19(2)18(23)21(14-7-8-14)13-17(22)20(11-15-5-3-9-24-15)12-16-6-4-10-25-16/h3,5,9,14,16H,4,6-8,10-13H2,1-2H3. The fraction of sp³-hybridized carbons (Fsp3) is 0.667. The van der Waals surface area contributed by atoms with Crippen molar-refractivity contribution in [3.05, 3.63) is 24.2 Å². The van der Waals surface area contributed by atoms with Gasteiger partial charge in [-0.3, -0.25) is 4.79 Å². The minimum Gasteiger partial charge on any atom is -0.467 e. The molecule has 0 aromatic carbocycles. The van der Waals surface area contributed by atoms with E-state index in [1.54, 1.807) is 30.2 Å². The van der Waals surface area contributed by atoms with Gasteiger partial charge < -0.3 is 23.9 Å². The molecule has 138 valence electrons. The van der Waals surface area contributed by atoms with E-state index in [-0.39, 0.29) is 30.6 Å². The summed E-state index contributed by atoms with van der Waals surface area (Å²) >= 11 is 0. The van der Waals surface area contributed by atoms with Crippen LogP contribution in [0.15, 0.2) is 22.8 Å². The Hall–Kier alpha value is -2.02. The summed E-state index contributed by atoms with van der Waals surface area (Å²) in [6.45, 7) is 1.80. The Morgan fingerprint density at radius 1 is 1.24 bits per heavy atom. The van der Waals surface area contributed by atoms with Crippen LogP contribution < -0.4 is 0 Å². The van der Waals surface area contributed by atoms with Gasteiger partial charge in [0.15, 0.2) is 0 Å². The maximum absolute atomic E-state index is 12.9. The first-order valence-corrected chi connectivity index (χ1v) is 8.94. The normalized spacial score (nSPS) is 19.7. The van der Waals surface area contributed by atoms with Crippen molar-refractivity contribution in [2.45, 2.75) is 44.4 Å². The van der Waals surface area contributed by atoms with E-state index in [2.05, 4.69) is 0 Å². The highest BCUT2D eigenvalue weighted by molar-refractivity contribution is 5.84. The average Bonchev–Trinajstić information content (AvgIpc) is 3.07. The second-order valence-electron chi connectivity index (χ2n) is 7.02. The van der Waals surface area contributed by atoms with Crippen LogP contribution in [-0.4, -0.2) is 72.6 Å². The Morgan fingerprint density at radius 2 is 2.04 bits per heavy atom. The third-order valence-corrected chi connectivity index (χ3v) is 4.65. The van der Waals surface area contributed by atoms with Gasteiger partial charge in [-0.25, -0.2) is 4.79 Å². The summed E-state index contributed by atoms with van der Waals surface area (Å²) in [6, 6.07) is 3.76. The molecular weight excluding hydrogens is 322 g/mol. The Morgan fingerprint density at radius 3 is 2.60 bits per heavy atom.